The highest BCUT2D eigenvalue weighted by molar-refractivity contribution is 5.75. The molecule has 0 aliphatic heterocycles. The highest BCUT2D eigenvalue weighted by atomic mass is 16.7. The average molecular weight is 598 g/mol. The van der Waals surface area contributed by atoms with Crippen molar-refractivity contribution in [2.75, 3.05) is 13.2 Å². The average Bonchev–Trinajstić information content (AvgIpc) is 2.84. The molecule has 42 heavy (non-hydrogen) atoms. The molecule has 0 heterocycles. The van der Waals surface area contributed by atoms with Gasteiger partial charge in [-0.25, -0.2) is 14.4 Å². The van der Waals surface area contributed by atoms with Crippen LogP contribution in [0, 0.1) is 10.8 Å². The smallest absolute Gasteiger partial charge is 0.480 e. The minimum Gasteiger partial charge on any atom is -0.480 e. The lowest BCUT2D eigenvalue weighted by atomic mass is 9.87. The van der Waals surface area contributed by atoms with Crippen LogP contribution in [-0.4, -0.2) is 61.0 Å². The van der Waals surface area contributed by atoms with Gasteiger partial charge in [0.15, 0.2) is 11.5 Å². The lowest BCUT2D eigenvalue weighted by Gasteiger charge is -2.25. The summed E-state index contributed by atoms with van der Waals surface area (Å²) in [5, 5.41) is 9.70. The summed E-state index contributed by atoms with van der Waals surface area (Å²) < 4.78 is 31.6. The van der Waals surface area contributed by atoms with E-state index < -0.39 is 42.5 Å². The number of rotatable bonds is 13. The zero-order chi connectivity index (χ0) is 32.3. The quantitative estimate of drug-likeness (QED) is 0.145. The number of nitrogens with two attached hydrogens (primary N) is 1. The van der Waals surface area contributed by atoms with Gasteiger partial charge in [0.25, 0.3) is 0 Å². The van der Waals surface area contributed by atoms with E-state index in [0.717, 1.165) is 6.42 Å². The molecule has 0 fully saturated rings. The Hall–Kier alpha value is -3.54. The van der Waals surface area contributed by atoms with Crippen LogP contribution in [0.15, 0.2) is 18.2 Å². The molecule has 3 unspecified atom stereocenters. The Morgan fingerprint density at radius 3 is 1.79 bits per heavy atom. The van der Waals surface area contributed by atoms with Crippen LogP contribution in [0.25, 0.3) is 0 Å². The predicted octanol–water partition coefficient (Wildman–Crippen LogP) is 6.43. The van der Waals surface area contributed by atoms with Crippen molar-refractivity contribution >= 4 is 24.4 Å². The number of ether oxygens (including phenoxy) is 6. The van der Waals surface area contributed by atoms with Gasteiger partial charge in [-0.05, 0) is 55.2 Å². The molecular formula is C30H47NO11. The molecule has 0 spiro atoms. The van der Waals surface area contributed by atoms with E-state index >= 15 is 0 Å². The first-order chi connectivity index (χ1) is 19.3. The van der Waals surface area contributed by atoms with Crippen molar-refractivity contribution in [2.24, 2.45) is 16.6 Å². The summed E-state index contributed by atoms with van der Waals surface area (Å²) in [5.41, 5.74) is 5.68. The highest BCUT2D eigenvalue weighted by Gasteiger charge is 2.31. The SMILES string of the molecule is CCCC(C)OC(=O)OC(C)CC(c1ccc(OC(=O)OCC(C)(C)C)c(OC(=O)OCC(C)(C)C)c1)[C@H](N)C(=O)O. The molecule has 0 saturated heterocycles. The van der Waals surface area contributed by atoms with Crippen molar-refractivity contribution in [2.45, 2.75) is 106 Å². The minimum absolute atomic E-state index is 0.00748. The normalized spacial score (nSPS) is 14.5. The monoisotopic (exact) mass is 597 g/mol. The van der Waals surface area contributed by atoms with Crippen LogP contribution in [-0.2, 0) is 23.7 Å². The third-order valence-electron chi connectivity index (χ3n) is 5.62. The highest BCUT2D eigenvalue weighted by Crippen LogP contribution is 2.35. The number of carbonyl (C=O) groups excluding carboxylic acids is 3. The molecule has 0 bridgehead atoms. The van der Waals surface area contributed by atoms with E-state index in [0.29, 0.717) is 12.0 Å². The maximum Gasteiger partial charge on any atom is 0.513 e. The summed E-state index contributed by atoms with van der Waals surface area (Å²) in [7, 11) is 0. The van der Waals surface area contributed by atoms with Crippen LogP contribution in [0.3, 0.4) is 0 Å². The molecule has 12 nitrogen and oxygen atoms in total. The zero-order valence-electron chi connectivity index (χ0n) is 26.2. The van der Waals surface area contributed by atoms with Gasteiger partial charge in [-0.2, -0.15) is 0 Å². The van der Waals surface area contributed by atoms with Gasteiger partial charge in [-0.15, -0.1) is 0 Å². The van der Waals surface area contributed by atoms with Gasteiger partial charge in [0.2, 0.25) is 0 Å². The Morgan fingerprint density at radius 2 is 1.31 bits per heavy atom. The summed E-state index contributed by atoms with van der Waals surface area (Å²) in [5.74, 6) is -2.59. The van der Waals surface area contributed by atoms with E-state index in [1.54, 1.807) is 13.8 Å². The van der Waals surface area contributed by atoms with Gasteiger partial charge in [-0.3, -0.25) is 4.79 Å². The van der Waals surface area contributed by atoms with Crippen molar-refractivity contribution in [3.05, 3.63) is 23.8 Å². The van der Waals surface area contributed by atoms with Crippen molar-refractivity contribution in [1.82, 2.24) is 0 Å². The molecule has 12 heteroatoms. The number of aliphatic carboxylic acids is 1. The number of benzene rings is 1. The lowest BCUT2D eigenvalue weighted by molar-refractivity contribution is -0.139. The first-order valence-corrected chi connectivity index (χ1v) is 14.0. The minimum atomic E-state index is -1.42. The molecule has 0 amide bonds. The molecule has 0 radical (unpaired) electrons. The fourth-order valence-corrected chi connectivity index (χ4v) is 3.60. The Bertz CT molecular complexity index is 1060. The van der Waals surface area contributed by atoms with Crippen molar-refractivity contribution in [3.63, 3.8) is 0 Å². The molecule has 0 aliphatic carbocycles. The van der Waals surface area contributed by atoms with E-state index in [1.165, 1.54) is 18.2 Å². The van der Waals surface area contributed by atoms with Gasteiger partial charge in [0, 0.05) is 5.92 Å². The molecular weight excluding hydrogens is 550 g/mol. The molecule has 1 aromatic rings. The van der Waals surface area contributed by atoms with Crippen LogP contribution in [0.4, 0.5) is 14.4 Å². The van der Waals surface area contributed by atoms with Gasteiger partial charge < -0.3 is 39.3 Å². The second-order valence-electron chi connectivity index (χ2n) is 12.7. The third kappa shape index (κ3) is 14.4. The standard InChI is InChI=1S/C30H47NO11/c1-10-11-18(2)39-28(36)40-19(3)14-21(24(31)25(32)33)20-12-13-22(41-26(34)37-16-29(4,5)6)23(15-20)42-27(35)38-17-30(7,8)9/h12-13,15,18-19,21,24H,10-11,14,16-17,31H2,1-9H3,(H,32,33)/t18?,19?,21?,24-/m0/s1. The molecule has 4 atom stereocenters. The van der Waals surface area contributed by atoms with Gasteiger partial charge in [0.1, 0.15) is 18.2 Å². The second kappa shape index (κ2) is 16.2. The topological polar surface area (TPSA) is 170 Å². The van der Waals surface area contributed by atoms with Crippen LogP contribution in [0.1, 0.15) is 93.1 Å². The molecule has 238 valence electrons. The number of hydrogen-bond donors (Lipinski definition) is 2. The van der Waals surface area contributed by atoms with E-state index in [4.69, 9.17) is 34.2 Å². The number of hydrogen-bond acceptors (Lipinski definition) is 11. The van der Waals surface area contributed by atoms with Gasteiger partial charge in [0.05, 0.1) is 13.2 Å². The Kier molecular flexibility index (Phi) is 14.1. The number of carbonyl (C=O) groups is 4. The van der Waals surface area contributed by atoms with Crippen LogP contribution in [0.2, 0.25) is 0 Å². The maximum absolute atomic E-state index is 12.5. The van der Waals surface area contributed by atoms with Crippen LogP contribution in [0.5, 0.6) is 11.5 Å². The van der Waals surface area contributed by atoms with Crippen molar-refractivity contribution in [3.8, 4) is 11.5 Å². The van der Waals surface area contributed by atoms with Gasteiger partial charge >= 0.3 is 24.4 Å². The third-order valence-corrected chi connectivity index (χ3v) is 5.62. The summed E-state index contributed by atoms with van der Waals surface area (Å²) in [6.45, 7) is 16.6. The molecule has 1 rings (SSSR count). The molecule has 3 N–H and O–H groups in total. The Labute approximate surface area is 248 Å². The van der Waals surface area contributed by atoms with Crippen molar-refractivity contribution < 1.29 is 52.7 Å². The lowest BCUT2D eigenvalue weighted by Crippen LogP contribution is -2.38. The van der Waals surface area contributed by atoms with Crippen LogP contribution >= 0.6 is 0 Å². The van der Waals surface area contributed by atoms with E-state index in [-0.39, 0.29) is 48.1 Å². The van der Waals surface area contributed by atoms with E-state index in [9.17, 15) is 24.3 Å². The summed E-state index contributed by atoms with van der Waals surface area (Å²) >= 11 is 0. The molecule has 0 aliphatic rings. The molecule has 0 aromatic heterocycles. The first kappa shape index (κ1) is 36.5. The van der Waals surface area contributed by atoms with E-state index in [2.05, 4.69) is 0 Å². The van der Waals surface area contributed by atoms with Crippen molar-refractivity contribution in [1.29, 1.82) is 0 Å². The summed E-state index contributed by atoms with van der Waals surface area (Å²) in [4.78, 5) is 49.0. The fourth-order valence-electron chi connectivity index (χ4n) is 3.60. The van der Waals surface area contributed by atoms with Crippen LogP contribution < -0.4 is 15.2 Å². The Balaban J connectivity index is 3.30. The second-order valence-corrected chi connectivity index (χ2v) is 12.7. The molecule has 0 saturated carbocycles. The van der Waals surface area contributed by atoms with Gasteiger partial charge in [-0.1, -0.05) is 61.0 Å². The summed E-state index contributed by atoms with van der Waals surface area (Å²) in [6.07, 6.45) is -2.62. The largest absolute Gasteiger partial charge is 0.513 e. The molecule has 1 aromatic carbocycles. The van der Waals surface area contributed by atoms with E-state index in [1.807, 2.05) is 48.5 Å². The predicted molar refractivity (Wildman–Crippen MR) is 154 cm³/mol. The number of carboxylic acid groups (broad SMARTS) is 1. The first-order valence-electron chi connectivity index (χ1n) is 14.0. The number of carboxylic acids is 1. The fraction of sp³-hybridized carbons (Fsp3) is 0.667. The Morgan fingerprint density at radius 1 is 0.810 bits per heavy atom. The zero-order valence-corrected chi connectivity index (χ0v) is 26.2. The maximum atomic E-state index is 12.5. The summed E-state index contributed by atoms with van der Waals surface area (Å²) in [6, 6.07) is 2.71.